The van der Waals surface area contributed by atoms with Crippen LogP contribution in [0.4, 0.5) is 10.1 Å². The maximum atomic E-state index is 13.2. The highest BCUT2D eigenvalue weighted by Gasteiger charge is 2.06. The molecule has 100 valence electrons. The predicted molar refractivity (Wildman–Crippen MR) is 68.9 cm³/mol. The molecule has 4 nitrogen and oxygen atoms in total. The van der Waals surface area contributed by atoms with Crippen LogP contribution in [-0.4, -0.2) is 32.7 Å². The first-order valence-corrected chi connectivity index (χ1v) is 5.87. The number of carbonyl (C=O) groups excluding carboxylic acids is 1. The van der Waals surface area contributed by atoms with Gasteiger partial charge < -0.3 is 15.4 Å². The normalized spacial score (nSPS) is 12.2. The van der Waals surface area contributed by atoms with Crippen molar-refractivity contribution in [2.75, 3.05) is 32.1 Å². The minimum Gasteiger partial charge on any atom is -0.384 e. The van der Waals surface area contributed by atoms with Crippen LogP contribution in [0.5, 0.6) is 0 Å². The number of para-hydroxylation sites is 1. The number of benzene rings is 1. The molecule has 0 aliphatic carbocycles. The number of nitrogens with one attached hydrogen (secondary N) is 2. The molecule has 1 unspecified atom stereocenters. The van der Waals surface area contributed by atoms with Gasteiger partial charge in [-0.15, -0.1) is 0 Å². The van der Waals surface area contributed by atoms with Crippen molar-refractivity contribution in [3.63, 3.8) is 0 Å². The van der Waals surface area contributed by atoms with E-state index >= 15 is 0 Å². The summed E-state index contributed by atoms with van der Waals surface area (Å²) in [5, 5.41) is 5.50. The molecule has 0 bridgehead atoms. The van der Waals surface area contributed by atoms with E-state index in [9.17, 15) is 9.18 Å². The summed E-state index contributed by atoms with van der Waals surface area (Å²) in [7, 11) is 1.64. The van der Waals surface area contributed by atoms with Crippen molar-refractivity contribution >= 4 is 11.6 Å². The van der Waals surface area contributed by atoms with Gasteiger partial charge in [0.15, 0.2) is 0 Å². The topological polar surface area (TPSA) is 50.4 Å². The Morgan fingerprint density at radius 3 is 2.83 bits per heavy atom. The van der Waals surface area contributed by atoms with Crippen molar-refractivity contribution in [2.24, 2.45) is 5.92 Å². The van der Waals surface area contributed by atoms with Gasteiger partial charge in [-0.2, -0.15) is 0 Å². The molecular weight excluding hydrogens is 235 g/mol. The number of hydrogen-bond donors (Lipinski definition) is 2. The number of amides is 1. The molecule has 0 saturated carbocycles. The van der Waals surface area contributed by atoms with Gasteiger partial charge >= 0.3 is 0 Å². The Hall–Kier alpha value is -1.46. The smallest absolute Gasteiger partial charge is 0.238 e. The molecule has 18 heavy (non-hydrogen) atoms. The summed E-state index contributed by atoms with van der Waals surface area (Å²) < 4.78 is 18.2. The molecule has 2 N–H and O–H groups in total. The maximum Gasteiger partial charge on any atom is 0.238 e. The Morgan fingerprint density at radius 1 is 1.44 bits per heavy atom. The van der Waals surface area contributed by atoms with Crippen LogP contribution in [0.1, 0.15) is 6.92 Å². The molecular formula is C13H19FN2O2. The number of anilines is 1. The lowest BCUT2D eigenvalue weighted by atomic mass is 10.2. The average Bonchev–Trinajstić information content (AvgIpc) is 2.32. The van der Waals surface area contributed by atoms with Gasteiger partial charge in [0.25, 0.3) is 0 Å². The van der Waals surface area contributed by atoms with Gasteiger partial charge in [-0.1, -0.05) is 19.1 Å². The quantitative estimate of drug-likeness (QED) is 0.777. The van der Waals surface area contributed by atoms with E-state index in [4.69, 9.17) is 4.74 Å². The number of halogens is 1. The summed E-state index contributed by atoms with van der Waals surface area (Å²) in [5.41, 5.74) is 0.203. The van der Waals surface area contributed by atoms with Crippen LogP contribution in [0.3, 0.4) is 0 Å². The molecule has 0 saturated heterocycles. The molecule has 0 aliphatic rings. The molecule has 0 aromatic heterocycles. The van der Waals surface area contributed by atoms with E-state index in [1.54, 1.807) is 19.2 Å². The van der Waals surface area contributed by atoms with Crippen LogP contribution in [0, 0.1) is 11.7 Å². The van der Waals surface area contributed by atoms with E-state index < -0.39 is 5.82 Å². The van der Waals surface area contributed by atoms with Crippen LogP contribution in [0.15, 0.2) is 24.3 Å². The van der Waals surface area contributed by atoms with Crippen LogP contribution >= 0.6 is 0 Å². The Bertz CT molecular complexity index is 385. The predicted octanol–water partition coefficient (Wildman–Crippen LogP) is 1.64. The number of carbonyl (C=O) groups is 1. The largest absolute Gasteiger partial charge is 0.384 e. The monoisotopic (exact) mass is 254 g/mol. The second-order valence-electron chi connectivity index (χ2n) is 4.22. The first kappa shape index (κ1) is 14.6. The summed E-state index contributed by atoms with van der Waals surface area (Å²) in [5.74, 6) is -0.362. The highest BCUT2D eigenvalue weighted by atomic mass is 19.1. The van der Waals surface area contributed by atoms with Crippen molar-refractivity contribution in [3.05, 3.63) is 30.1 Å². The van der Waals surface area contributed by atoms with Crippen LogP contribution in [0.25, 0.3) is 0 Å². The summed E-state index contributed by atoms with van der Waals surface area (Å²) in [4.78, 5) is 11.5. The zero-order chi connectivity index (χ0) is 13.4. The van der Waals surface area contributed by atoms with Gasteiger partial charge in [-0.05, 0) is 18.1 Å². The van der Waals surface area contributed by atoms with Crippen LogP contribution < -0.4 is 10.6 Å². The first-order chi connectivity index (χ1) is 8.63. The van der Waals surface area contributed by atoms with Gasteiger partial charge in [0, 0.05) is 20.3 Å². The fourth-order valence-electron chi connectivity index (χ4n) is 1.53. The fourth-order valence-corrected chi connectivity index (χ4v) is 1.53. The van der Waals surface area contributed by atoms with Crippen molar-refractivity contribution < 1.29 is 13.9 Å². The average molecular weight is 254 g/mol. The van der Waals surface area contributed by atoms with Crippen molar-refractivity contribution in [1.29, 1.82) is 0 Å². The molecule has 1 aromatic carbocycles. The number of ether oxygens (including phenoxy) is 1. The van der Waals surface area contributed by atoms with Gasteiger partial charge in [-0.25, -0.2) is 4.39 Å². The van der Waals surface area contributed by atoms with E-state index in [0.717, 1.165) is 0 Å². The molecule has 1 atom stereocenters. The molecule has 5 heteroatoms. The van der Waals surface area contributed by atoms with Gasteiger partial charge in [0.1, 0.15) is 5.82 Å². The molecule has 0 spiro atoms. The summed E-state index contributed by atoms with van der Waals surface area (Å²) in [6, 6.07) is 6.09. The van der Waals surface area contributed by atoms with E-state index in [1.165, 1.54) is 12.1 Å². The standard InChI is InChI=1S/C13H19FN2O2/c1-10(9-18-2)7-15-8-13(17)16-12-6-4-3-5-11(12)14/h3-6,10,15H,7-9H2,1-2H3,(H,16,17). The minimum atomic E-state index is -0.432. The second kappa shape index (κ2) is 7.79. The zero-order valence-corrected chi connectivity index (χ0v) is 10.7. The summed E-state index contributed by atoms with van der Waals surface area (Å²) in [6.07, 6.45) is 0. The highest BCUT2D eigenvalue weighted by molar-refractivity contribution is 5.92. The lowest BCUT2D eigenvalue weighted by molar-refractivity contribution is -0.115. The van der Waals surface area contributed by atoms with E-state index in [1.807, 2.05) is 6.92 Å². The minimum absolute atomic E-state index is 0.155. The first-order valence-electron chi connectivity index (χ1n) is 5.87. The SMILES string of the molecule is COCC(C)CNCC(=O)Nc1ccccc1F. The third kappa shape index (κ3) is 5.25. The number of hydrogen-bond acceptors (Lipinski definition) is 3. The van der Waals surface area contributed by atoms with Crippen molar-refractivity contribution in [1.82, 2.24) is 5.32 Å². The van der Waals surface area contributed by atoms with Crippen molar-refractivity contribution in [3.8, 4) is 0 Å². The lowest BCUT2D eigenvalue weighted by Crippen LogP contribution is -2.32. The second-order valence-corrected chi connectivity index (χ2v) is 4.22. The third-order valence-corrected chi connectivity index (χ3v) is 2.38. The van der Waals surface area contributed by atoms with E-state index in [0.29, 0.717) is 19.1 Å². The number of rotatable bonds is 7. The molecule has 1 aromatic rings. The Kier molecular flexibility index (Phi) is 6.32. The van der Waals surface area contributed by atoms with E-state index in [-0.39, 0.29) is 18.1 Å². The third-order valence-electron chi connectivity index (χ3n) is 2.38. The van der Waals surface area contributed by atoms with Crippen LogP contribution in [-0.2, 0) is 9.53 Å². The van der Waals surface area contributed by atoms with Crippen LogP contribution in [0.2, 0.25) is 0 Å². The van der Waals surface area contributed by atoms with Gasteiger partial charge in [0.2, 0.25) is 5.91 Å². The summed E-state index contributed by atoms with van der Waals surface area (Å²) in [6.45, 7) is 3.49. The highest BCUT2D eigenvalue weighted by Crippen LogP contribution is 2.11. The molecule has 0 radical (unpaired) electrons. The zero-order valence-electron chi connectivity index (χ0n) is 10.7. The Morgan fingerprint density at radius 2 is 2.17 bits per heavy atom. The molecule has 0 heterocycles. The van der Waals surface area contributed by atoms with Crippen molar-refractivity contribution in [2.45, 2.75) is 6.92 Å². The summed E-state index contributed by atoms with van der Waals surface area (Å²) >= 11 is 0. The van der Waals surface area contributed by atoms with E-state index in [2.05, 4.69) is 10.6 Å². The molecule has 0 aliphatic heterocycles. The molecule has 1 rings (SSSR count). The maximum absolute atomic E-state index is 13.2. The fraction of sp³-hybridized carbons (Fsp3) is 0.462. The Balaban J connectivity index is 2.28. The number of methoxy groups -OCH3 is 1. The van der Waals surface area contributed by atoms with Gasteiger partial charge in [-0.3, -0.25) is 4.79 Å². The molecule has 0 fully saturated rings. The Labute approximate surface area is 107 Å². The van der Waals surface area contributed by atoms with Gasteiger partial charge in [0.05, 0.1) is 12.2 Å². The molecule has 1 amide bonds. The lowest BCUT2D eigenvalue weighted by Gasteiger charge is -2.11.